The summed E-state index contributed by atoms with van der Waals surface area (Å²) < 4.78 is 11.6. The van der Waals surface area contributed by atoms with Crippen molar-refractivity contribution >= 4 is 27.6 Å². The molecule has 1 aromatic carbocycles. The molecular weight excluding hydrogens is 314 g/mol. The summed E-state index contributed by atoms with van der Waals surface area (Å²) in [6.45, 7) is 2.45. The molecule has 100 valence electrons. The molecule has 3 rings (SSSR count). The molecule has 1 aromatic rings. The van der Waals surface area contributed by atoms with Gasteiger partial charge in [-0.1, -0.05) is 21.1 Å². The number of esters is 1. The average Bonchev–Trinajstić information content (AvgIpc) is 2.82. The summed E-state index contributed by atoms with van der Waals surface area (Å²) in [5, 5.41) is 4.03. The average molecular weight is 326 g/mol. The molecule has 2 atom stereocenters. The molecule has 0 spiro atoms. The Morgan fingerprint density at radius 3 is 3.21 bits per heavy atom. The van der Waals surface area contributed by atoms with E-state index >= 15 is 0 Å². The highest BCUT2D eigenvalue weighted by Gasteiger charge is 2.44. The predicted molar refractivity (Wildman–Crippen MR) is 71.2 cm³/mol. The summed E-state index contributed by atoms with van der Waals surface area (Å²) in [5.41, 5.74) is 1.62. The standard InChI is InChI=1S/C13H12BrNO4/c1-2-17-13(16)12-9-6-18-10-5-7(14)3-4-8(10)11(9)15-19-12/h3-5,9,12H,2,6H2,1H3. The molecule has 19 heavy (non-hydrogen) atoms. The Kier molecular flexibility index (Phi) is 3.18. The minimum Gasteiger partial charge on any atom is -0.492 e. The van der Waals surface area contributed by atoms with Crippen molar-refractivity contribution in [1.29, 1.82) is 0 Å². The summed E-state index contributed by atoms with van der Waals surface area (Å²) in [7, 11) is 0. The molecule has 0 saturated carbocycles. The third kappa shape index (κ3) is 2.10. The Morgan fingerprint density at radius 2 is 2.42 bits per heavy atom. The minimum absolute atomic E-state index is 0.201. The van der Waals surface area contributed by atoms with E-state index in [1.54, 1.807) is 6.92 Å². The van der Waals surface area contributed by atoms with Crippen molar-refractivity contribution < 1.29 is 19.1 Å². The van der Waals surface area contributed by atoms with Gasteiger partial charge in [-0.05, 0) is 25.1 Å². The fraction of sp³-hybridized carbons (Fsp3) is 0.385. The van der Waals surface area contributed by atoms with Gasteiger partial charge in [0.1, 0.15) is 18.1 Å². The first-order chi connectivity index (χ1) is 9.20. The first kappa shape index (κ1) is 12.5. The van der Waals surface area contributed by atoms with Crippen molar-refractivity contribution in [2.45, 2.75) is 13.0 Å². The molecule has 0 bridgehead atoms. The van der Waals surface area contributed by atoms with Crippen LogP contribution in [0.1, 0.15) is 12.5 Å². The summed E-state index contributed by atoms with van der Waals surface area (Å²) >= 11 is 3.39. The summed E-state index contributed by atoms with van der Waals surface area (Å²) in [4.78, 5) is 17.0. The van der Waals surface area contributed by atoms with Crippen LogP contribution in [0.25, 0.3) is 0 Å². The van der Waals surface area contributed by atoms with Gasteiger partial charge < -0.3 is 14.3 Å². The molecule has 2 aliphatic rings. The topological polar surface area (TPSA) is 57.1 Å². The van der Waals surface area contributed by atoms with E-state index in [0.717, 1.165) is 21.5 Å². The van der Waals surface area contributed by atoms with Gasteiger partial charge in [0.05, 0.1) is 12.5 Å². The minimum atomic E-state index is -0.702. The fourth-order valence-electron chi connectivity index (χ4n) is 2.25. The Balaban J connectivity index is 1.88. The maximum atomic E-state index is 11.8. The number of nitrogens with zero attached hydrogens (tertiary/aromatic N) is 1. The first-order valence-corrected chi connectivity index (χ1v) is 6.83. The van der Waals surface area contributed by atoms with Crippen molar-refractivity contribution in [1.82, 2.24) is 0 Å². The lowest BCUT2D eigenvalue weighted by atomic mass is 9.90. The van der Waals surface area contributed by atoms with Gasteiger partial charge in [-0.15, -0.1) is 0 Å². The van der Waals surface area contributed by atoms with E-state index in [2.05, 4.69) is 21.1 Å². The second-order valence-corrected chi connectivity index (χ2v) is 5.23. The SMILES string of the molecule is CCOC(=O)C1ON=C2c3ccc(Br)cc3OCC21. The van der Waals surface area contributed by atoms with Gasteiger partial charge >= 0.3 is 5.97 Å². The van der Waals surface area contributed by atoms with E-state index in [1.165, 1.54) is 0 Å². The number of oxime groups is 1. The Bertz CT molecular complexity index is 558. The van der Waals surface area contributed by atoms with Crippen molar-refractivity contribution in [2.75, 3.05) is 13.2 Å². The Hall–Kier alpha value is -1.56. The smallest absolute Gasteiger partial charge is 0.351 e. The second-order valence-electron chi connectivity index (χ2n) is 4.31. The molecule has 0 radical (unpaired) electrons. The zero-order chi connectivity index (χ0) is 13.4. The molecule has 0 fully saturated rings. The molecule has 0 amide bonds. The lowest BCUT2D eigenvalue weighted by Crippen LogP contribution is -2.39. The van der Waals surface area contributed by atoms with Crippen molar-refractivity contribution in [3.63, 3.8) is 0 Å². The largest absolute Gasteiger partial charge is 0.492 e. The van der Waals surface area contributed by atoms with E-state index in [9.17, 15) is 4.79 Å². The van der Waals surface area contributed by atoms with Crippen LogP contribution in [0.2, 0.25) is 0 Å². The summed E-state index contributed by atoms with van der Waals surface area (Å²) in [6, 6.07) is 5.69. The van der Waals surface area contributed by atoms with Crippen LogP contribution in [0.15, 0.2) is 27.8 Å². The number of hydrogen-bond acceptors (Lipinski definition) is 5. The number of fused-ring (bicyclic) bond motifs is 3. The molecule has 0 aromatic heterocycles. The van der Waals surface area contributed by atoms with E-state index in [4.69, 9.17) is 14.3 Å². The lowest BCUT2D eigenvalue weighted by molar-refractivity contribution is -0.157. The number of ether oxygens (including phenoxy) is 2. The van der Waals surface area contributed by atoms with Gasteiger partial charge in [0.2, 0.25) is 6.10 Å². The molecule has 2 unspecified atom stereocenters. The number of hydrogen-bond donors (Lipinski definition) is 0. The van der Waals surface area contributed by atoms with Crippen LogP contribution in [-0.4, -0.2) is 31.0 Å². The zero-order valence-corrected chi connectivity index (χ0v) is 11.8. The molecule has 0 saturated heterocycles. The quantitative estimate of drug-likeness (QED) is 0.781. The highest BCUT2D eigenvalue weighted by Crippen LogP contribution is 2.35. The Labute approximate surface area is 118 Å². The third-order valence-electron chi connectivity index (χ3n) is 3.14. The number of halogens is 1. The van der Waals surface area contributed by atoms with E-state index in [0.29, 0.717) is 13.2 Å². The van der Waals surface area contributed by atoms with Crippen molar-refractivity contribution in [3.8, 4) is 5.75 Å². The van der Waals surface area contributed by atoms with Crippen molar-refractivity contribution in [3.05, 3.63) is 28.2 Å². The third-order valence-corrected chi connectivity index (χ3v) is 3.63. The molecule has 2 aliphatic heterocycles. The lowest BCUT2D eigenvalue weighted by Gasteiger charge is -2.24. The van der Waals surface area contributed by atoms with Crippen LogP contribution in [0.3, 0.4) is 0 Å². The van der Waals surface area contributed by atoms with E-state index in [-0.39, 0.29) is 5.92 Å². The van der Waals surface area contributed by atoms with Gasteiger partial charge in [-0.25, -0.2) is 4.79 Å². The Morgan fingerprint density at radius 1 is 1.58 bits per heavy atom. The van der Waals surface area contributed by atoms with Gasteiger partial charge in [0.25, 0.3) is 0 Å². The molecule has 0 aliphatic carbocycles. The first-order valence-electron chi connectivity index (χ1n) is 6.03. The van der Waals surface area contributed by atoms with Crippen LogP contribution < -0.4 is 4.74 Å². The molecule has 6 heteroatoms. The summed E-state index contributed by atoms with van der Waals surface area (Å²) in [5.74, 6) is 0.153. The highest BCUT2D eigenvalue weighted by atomic mass is 79.9. The maximum absolute atomic E-state index is 11.8. The van der Waals surface area contributed by atoms with Crippen LogP contribution in [0.5, 0.6) is 5.75 Å². The van der Waals surface area contributed by atoms with Crippen LogP contribution in [-0.2, 0) is 14.4 Å². The van der Waals surface area contributed by atoms with Gasteiger partial charge in [-0.3, -0.25) is 0 Å². The van der Waals surface area contributed by atoms with Gasteiger partial charge in [-0.2, -0.15) is 0 Å². The van der Waals surface area contributed by atoms with Crippen molar-refractivity contribution in [2.24, 2.45) is 11.1 Å². The zero-order valence-electron chi connectivity index (χ0n) is 10.3. The normalized spacial score (nSPS) is 23.6. The summed E-state index contributed by atoms with van der Waals surface area (Å²) in [6.07, 6.45) is -0.702. The van der Waals surface area contributed by atoms with Crippen LogP contribution >= 0.6 is 15.9 Å². The predicted octanol–water partition coefficient (Wildman–Crippen LogP) is 2.12. The van der Waals surface area contributed by atoms with E-state index in [1.807, 2.05) is 18.2 Å². The second kappa shape index (κ2) is 4.85. The molecule has 0 N–H and O–H groups in total. The molecule has 2 heterocycles. The fourth-order valence-corrected chi connectivity index (χ4v) is 2.59. The molecular formula is C13H12BrNO4. The monoisotopic (exact) mass is 325 g/mol. The van der Waals surface area contributed by atoms with Gasteiger partial charge in [0.15, 0.2) is 0 Å². The highest BCUT2D eigenvalue weighted by molar-refractivity contribution is 9.10. The number of rotatable bonds is 2. The molecule has 5 nitrogen and oxygen atoms in total. The van der Waals surface area contributed by atoms with Crippen LogP contribution in [0, 0.1) is 5.92 Å². The number of carbonyl (C=O) groups is 1. The maximum Gasteiger partial charge on any atom is 0.351 e. The number of carbonyl (C=O) groups excluding carboxylic acids is 1. The van der Waals surface area contributed by atoms with E-state index < -0.39 is 12.1 Å². The van der Waals surface area contributed by atoms with Gasteiger partial charge in [0, 0.05) is 10.0 Å². The van der Waals surface area contributed by atoms with Crippen LogP contribution in [0.4, 0.5) is 0 Å². The number of benzene rings is 1.